The topological polar surface area (TPSA) is 52.0 Å². The first-order chi connectivity index (χ1) is 11.2. The highest BCUT2D eigenvalue weighted by molar-refractivity contribution is 8.13. The van der Waals surface area contributed by atoms with Crippen molar-refractivity contribution >= 4 is 34.5 Å². The van der Waals surface area contributed by atoms with E-state index in [2.05, 4.69) is 27.9 Å². The van der Waals surface area contributed by atoms with Gasteiger partial charge >= 0.3 is 0 Å². The molecule has 120 valence electrons. The van der Waals surface area contributed by atoms with E-state index in [9.17, 15) is 0 Å². The molecule has 5 nitrogen and oxygen atoms in total. The van der Waals surface area contributed by atoms with Crippen LogP contribution in [-0.2, 0) is 6.54 Å². The van der Waals surface area contributed by atoms with Crippen LogP contribution < -0.4 is 10.7 Å². The van der Waals surface area contributed by atoms with Crippen LogP contribution >= 0.6 is 23.4 Å². The first-order valence-corrected chi connectivity index (χ1v) is 9.28. The Hall–Kier alpha value is -1.50. The molecular formula is C16H18ClN5S. The molecule has 0 saturated carbocycles. The van der Waals surface area contributed by atoms with E-state index in [0.29, 0.717) is 6.04 Å². The van der Waals surface area contributed by atoms with Crippen LogP contribution in [-0.4, -0.2) is 35.0 Å². The lowest BCUT2D eigenvalue weighted by Gasteiger charge is -2.24. The Bertz CT molecular complexity index is 710. The first-order valence-electron chi connectivity index (χ1n) is 7.68. The standard InChI is InChI=1S/C16H18ClN5S/c1-23-16-20-15-19-14-11(9-22(15)21-16)4-7-13(14)18-8-10-2-5-12(17)6-3-10/h2-3,5-6,13,18H,4,7-9H2,1H3,(H,19,20,21). The molecule has 1 aromatic rings. The largest absolute Gasteiger partial charge is 0.305 e. The van der Waals surface area contributed by atoms with Crippen LogP contribution in [0.5, 0.6) is 0 Å². The lowest BCUT2D eigenvalue weighted by molar-refractivity contribution is 0.410. The average molecular weight is 348 g/mol. The van der Waals surface area contributed by atoms with Crippen molar-refractivity contribution in [2.45, 2.75) is 25.4 Å². The minimum Gasteiger partial charge on any atom is -0.305 e. The van der Waals surface area contributed by atoms with Gasteiger partial charge in [-0.05, 0) is 42.4 Å². The summed E-state index contributed by atoms with van der Waals surface area (Å²) in [7, 11) is 0. The van der Waals surface area contributed by atoms with Crippen LogP contribution in [0, 0.1) is 0 Å². The summed E-state index contributed by atoms with van der Waals surface area (Å²) in [6.45, 7) is 1.70. The Morgan fingerprint density at radius 1 is 1.35 bits per heavy atom. The van der Waals surface area contributed by atoms with Gasteiger partial charge in [0.25, 0.3) is 0 Å². The fourth-order valence-corrected chi connectivity index (χ4v) is 3.62. The van der Waals surface area contributed by atoms with Crippen LogP contribution in [0.3, 0.4) is 0 Å². The van der Waals surface area contributed by atoms with Gasteiger partial charge in [-0.25, -0.2) is 10.0 Å². The maximum atomic E-state index is 5.94. The van der Waals surface area contributed by atoms with Gasteiger partial charge in [0.05, 0.1) is 18.3 Å². The highest BCUT2D eigenvalue weighted by atomic mass is 35.5. The number of rotatable bonds is 3. The fraction of sp³-hybridized carbons (Fsp3) is 0.375. The van der Waals surface area contributed by atoms with E-state index in [1.807, 2.05) is 23.4 Å². The number of nitrogens with zero attached hydrogens (tertiary/aromatic N) is 3. The summed E-state index contributed by atoms with van der Waals surface area (Å²) in [6, 6.07) is 8.29. The van der Waals surface area contributed by atoms with Gasteiger partial charge in [-0.3, -0.25) is 5.43 Å². The maximum Gasteiger partial charge on any atom is 0.247 e. The summed E-state index contributed by atoms with van der Waals surface area (Å²) >= 11 is 7.54. The number of hydrogen-bond acceptors (Lipinski definition) is 6. The van der Waals surface area contributed by atoms with Crippen molar-refractivity contribution in [3.63, 3.8) is 0 Å². The Morgan fingerprint density at radius 3 is 2.96 bits per heavy atom. The van der Waals surface area contributed by atoms with Crippen molar-refractivity contribution in [1.82, 2.24) is 15.8 Å². The zero-order valence-corrected chi connectivity index (χ0v) is 14.4. The predicted molar refractivity (Wildman–Crippen MR) is 96.6 cm³/mol. The molecule has 2 aliphatic heterocycles. The molecule has 0 saturated heterocycles. The third-order valence-electron chi connectivity index (χ3n) is 4.33. The van der Waals surface area contributed by atoms with Gasteiger partial charge in [-0.2, -0.15) is 4.99 Å². The Balaban J connectivity index is 1.46. The van der Waals surface area contributed by atoms with Crippen LogP contribution in [0.1, 0.15) is 18.4 Å². The molecule has 0 aromatic heterocycles. The van der Waals surface area contributed by atoms with Gasteiger partial charge in [0, 0.05) is 11.6 Å². The van der Waals surface area contributed by atoms with Gasteiger partial charge in [-0.15, -0.1) is 0 Å². The van der Waals surface area contributed by atoms with Crippen molar-refractivity contribution in [3.05, 3.63) is 46.1 Å². The molecular weight excluding hydrogens is 330 g/mol. The predicted octanol–water partition coefficient (Wildman–Crippen LogP) is 2.75. The minimum atomic E-state index is 0.309. The number of aliphatic imine (C=N–C) groups is 2. The molecule has 0 radical (unpaired) electrons. The quantitative estimate of drug-likeness (QED) is 0.882. The average Bonchev–Trinajstić information content (AvgIpc) is 3.15. The number of amidine groups is 1. The van der Waals surface area contributed by atoms with E-state index < -0.39 is 0 Å². The van der Waals surface area contributed by atoms with Crippen LogP contribution in [0.2, 0.25) is 5.02 Å². The van der Waals surface area contributed by atoms with Gasteiger partial charge in [0.1, 0.15) is 0 Å². The van der Waals surface area contributed by atoms with Crippen molar-refractivity contribution in [1.29, 1.82) is 0 Å². The molecule has 0 bridgehead atoms. The molecule has 1 aromatic carbocycles. The summed E-state index contributed by atoms with van der Waals surface area (Å²) in [5.74, 6) is 0.785. The molecule has 1 aliphatic carbocycles. The maximum absolute atomic E-state index is 5.94. The Labute approximate surface area is 144 Å². The van der Waals surface area contributed by atoms with E-state index in [1.165, 1.54) is 16.8 Å². The summed E-state index contributed by atoms with van der Waals surface area (Å²) in [5, 5.41) is 7.34. The molecule has 1 unspecified atom stereocenters. The number of hydrazine groups is 1. The number of fused-ring (bicyclic) bond motifs is 1. The normalized spacial score (nSPS) is 22.5. The SMILES string of the molecule is CSC1=NC2=NC3=C(CCC3NCc3ccc(Cl)cc3)CN2N1. The molecule has 4 rings (SSSR count). The molecule has 0 amide bonds. The lowest BCUT2D eigenvalue weighted by atomic mass is 10.1. The van der Waals surface area contributed by atoms with Crippen molar-refractivity contribution in [2.75, 3.05) is 12.8 Å². The van der Waals surface area contributed by atoms with Gasteiger partial charge in [-0.1, -0.05) is 35.5 Å². The Kier molecular flexibility index (Phi) is 4.05. The van der Waals surface area contributed by atoms with E-state index in [1.54, 1.807) is 11.8 Å². The van der Waals surface area contributed by atoms with Crippen LogP contribution in [0.15, 0.2) is 45.5 Å². The third kappa shape index (κ3) is 2.98. The van der Waals surface area contributed by atoms with Crippen molar-refractivity contribution in [3.8, 4) is 0 Å². The second kappa shape index (κ2) is 6.19. The van der Waals surface area contributed by atoms with Gasteiger partial charge < -0.3 is 5.32 Å². The summed E-state index contributed by atoms with van der Waals surface area (Å²) in [4.78, 5) is 9.31. The highest BCUT2D eigenvalue weighted by Gasteiger charge is 2.33. The van der Waals surface area contributed by atoms with Crippen LogP contribution in [0.4, 0.5) is 0 Å². The second-order valence-electron chi connectivity index (χ2n) is 5.82. The zero-order chi connectivity index (χ0) is 15.8. The Morgan fingerprint density at radius 2 is 2.17 bits per heavy atom. The number of halogens is 1. The van der Waals surface area contributed by atoms with Crippen molar-refractivity contribution < 1.29 is 0 Å². The van der Waals surface area contributed by atoms with E-state index >= 15 is 0 Å². The smallest absolute Gasteiger partial charge is 0.247 e. The minimum absolute atomic E-state index is 0.309. The van der Waals surface area contributed by atoms with E-state index in [0.717, 1.165) is 42.1 Å². The molecule has 0 spiro atoms. The lowest BCUT2D eigenvalue weighted by Crippen LogP contribution is -2.41. The second-order valence-corrected chi connectivity index (χ2v) is 7.05. The molecule has 23 heavy (non-hydrogen) atoms. The molecule has 0 fully saturated rings. The monoisotopic (exact) mass is 347 g/mol. The molecule has 7 heteroatoms. The molecule has 2 heterocycles. The van der Waals surface area contributed by atoms with Crippen LogP contribution in [0.25, 0.3) is 0 Å². The molecule has 2 N–H and O–H groups in total. The number of nitrogens with one attached hydrogen (secondary N) is 2. The number of benzene rings is 1. The van der Waals surface area contributed by atoms with E-state index in [4.69, 9.17) is 16.6 Å². The summed E-state index contributed by atoms with van der Waals surface area (Å²) in [6.07, 6.45) is 4.21. The summed E-state index contributed by atoms with van der Waals surface area (Å²) in [5.41, 5.74) is 7.11. The van der Waals surface area contributed by atoms with Gasteiger partial charge in [0.15, 0.2) is 5.17 Å². The number of thioether (sulfide) groups is 1. The third-order valence-corrected chi connectivity index (χ3v) is 5.15. The number of hydrogen-bond donors (Lipinski definition) is 2. The fourth-order valence-electron chi connectivity index (χ4n) is 3.12. The van der Waals surface area contributed by atoms with Crippen molar-refractivity contribution in [2.24, 2.45) is 9.98 Å². The number of guanidine groups is 1. The highest BCUT2D eigenvalue weighted by Crippen LogP contribution is 2.32. The van der Waals surface area contributed by atoms with Gasteiger partial charge in [0.2, 0.25) is 5.96 Å². The molecule has 3 aliphatic rings. The zero-order valence-electron chi connectivity index (χ0n) is 12.8. The molecule has 1 atom stereocenters. The van der Waals surface area contributed by atoms with E-state index in [-0.39, 0.29) is 0 Å². The summed E-state index contributed by atoms with van der Waals surface area (Å²) < 4.78 is 0. The first kappa shape index (κ1) is 15.1.